The number of amides is 2. The van der Waals surface area contributed by atoms with E-state index in [2.05, 4.69) is 43.0 Å². The van der Waals surface area contributed by atoms with Crippen LogP contribution in [0.15, 0.2) is 42.5 Å². The number of rotatable bonds is 7. The molecule has 2 aliphatic rings. The van der Waals surface area contributed by atoms with Crippen LogP contribution in [0.4, 0.5) is 0 Å². The number of nitrogens with one attached hydrogen (secondary N) is 2. The van der Waals surface area contributed by atoms with Crippen molar-refractivity contribution in [2.45, 2.75) is 33.2 Å². The van der Waals surface area contributed by atoms with E-state index in [0.29, 0.717) is 17.7 Å². The summed E-state index contributed by atoms with van der Waals surface area (Å²) in [5.41, 5.74) is 4.57. The van der Waals surface area contributed by atoms with E-state index in [1.807, 2.05) is 49.1 Å². The Labute approximate surface area is 211 Å². The molecule has 0 aliphatic carbocycles. The van der Waals surface area contributed by atoms with Gasteiger partial charge in [-0.15, -0.1) is 10.2 Å². The lowest BCUT2D eigenvalue weighted by molar-refractivity contribution is -0.119. The highest BCUT2D eigenvalue weighted by Crippen LogP contribution is 2.34. The number of fused-ring (bicyclic) bond motifs is 1. The number of aromatic nitrogens is 4. The van der Waals surface area contributed by atoms with Crippen molar-refractivity contribution in [3.8, 4) is 11.4 Å². The number of H-pyrrole nitrogens is 1. The Balaban J connectivity index is 1.21. The van der Waals surface area contributed by atoms with Gasteiger partial charge in [0.1, 0.15) is 0 Å². The van der Waals surface area contributed by atoms with Crippen LogP contribution in [-0.4, -0.2) is 75.0 Å². The van der Waals surface area contributed by atoms with Gasteiger partial charge >= 0.3 is 0 Å². The van der Waals surface area contributed by atoms with Crippen LogP contribution in [0.3, 0.4) is 0 Å². The Morgan fingerprint density at radius 1 is 1.06 bits per heavy atom. The first-order chi connectivity index (χ1) is 17.4. The summed E-state index contributed by atoms with van der Waals surface area (Å²) in [5, 5.41) is 17.4. The molecule has 2 saturated heterocycles. The zero-order valence-corrected chi connectivity index (χ0v) is 21.1. The van der Waals surface area contributed by atoms with E-state index in [-0.39, 0.29) is 17.9 Å². The van der Waals surface area contributed by atoms with Gasteiger partial charge in [0.05, 0.1) is 6.04 Å². The van der Waals surface area contributed by atoms with Crippen molar-refractivity contribution in [2.75, 3.05) is 32.7 Å². The Morgan fingerprint density at radius 3 is 2.42 bits per heavy atom. The Kier molecular flexibility index (Phi) is 6.82. The maximum Gasteiger partial charge on any atom is 0.254 e. The fraction of sp³-hybridized carbons (Fsp3) is 0.444. The summed E-state index contributed by atoms with van der Waals surface area (Å²) in [6.45, 7) is 9.96. The second-order valence-electron chi connectivity index (χ2n) is 10.1. The predicted octanol–water partition coefficient (Wildman–Crippen LogP) is 2.75. The number of tetrazole rings is 1. The van der Waals surface area contributed by atoms with Gasteiger partial charge in [-0.25, -0.2) is 0 Å². The van der Waals surface area contributed by atoms with Crippen LogP contribution in [0.25, 0.3) is 11.4 Å². The number of aromatic amines is 1. The molecule has 188 valence electrons. The topological polar surface area (TPSA) is 107 Å². The molecule has 2 aromatic carbocycles. The van der Waals surface area contributed by atoms with Crippen LogP contribution < -0.4 is 5.32 Å². The lowest BCUT2D eigenvalue weighted by Crippen LogP contribution is -2.35. The van der Waals surface area contributed by atoms with Gasteiger partial charge in [-0.2, -0.15) is 5.21 Å². The number of benzene rings is 2. The molecule has 9 heteroatoms. The molecule has 2 fully saturated rings. The van der Waals surface area contributed by atoms with E-state index < -0.39 is 0 Å². The average Bonchev–Trinajstić information content (AvgIpc) is 3.59. The summed E-state index contributed by atoms with van der Waals surface area (Å²) >= 11 is 0. The van der Waals surface area contributed by atoms with Gasteiger partial charge < -0.3 is 15.1 Å². The molecule has 1 aromatic heterocycles. The van der Waals surface area contributed by atoms with Crippen LogP contribution in [0.5, 0.6) is 0 Å². The number of nitrogens with zero attached hydrogens (tertiary/aromatic N) is 5. The normalized spacial score (nSPS) is 20.4. The lowest BCUT2D eigenvalue weighted by atomic mass is 9.96. The van der Waals surface area contributed by atoms with Crippen LogP contribution in [0.1, 0.15) is 46.4 Å². The third-order valence-corrected chi connectivity index (χ3v) is 7.64. The zero-order valence-electron chi connectivity index (χ0n) is 21.1. The number of carbonyl (C=O) groups excluding carboxylic acids is 2. The minimum Gasteiger partial charge on any atom is -0.349 e. The van der Waals surface area contributed by atoms with Crippen molar-refractivity contribution < 1.29 is 9.59 Å². The number of likely N-dealkylation sites (tertiary alicyclic amines) is 2. The summed E-state index contributed by atoms with van der Waals surface area (Å²) in [7, 11) is 0. The molecule has 0 spiro atoms. The van der Waals surface area contributed by atoms with Gasteiger partial charge in [-0.3, -0.25) is 9.59 Å². The van der Waals surface area contributed by atoms with E-state index in [1.54, 1.807) is 6.92 Å². The highest BCUT2D eigenvalue weighted by Gasteiger charge is 2.42. The second kappa shape index (κ2) is 10.2. The van der Waals surface area contributed by atoms with E-state index in [0.717, 1.165) is 67.0 Å². The third kappa shape index (κ3) is 4.88. The molecule has 2 unspecified atom stereocenters. The van der Waals surface area contributed by atoms with Crippen molar-refractivity contribution in [1.29, 1.82) is 0 Å². The fourth-order valence-electron chi connectivity index (χ4n) is 5.86. The molecule has 2 amide bonds. The number of carbonyl (C=O) groups is 2. The van der Waals surface area contributed by atoms with Crippen molar-refractivity contribution in [3.63, 3.8) is 0 Å². The van der Waals surface area contributed by atoms with Gasteiger partial charge in [0.15, 0.2) is 0 Å². The fourth-order valence-corrected chi connectivity index (χ4v) is 5.86. The molecule has 0 radical (unpaired) electrons. The summed E-state index contributed by atoms with van der Waals surface area (Å²) in [6, 6.07) is 14.1. The largest absolute Gasteiger partial charge is 0.349 e. The first-order valence-electron chi connectivity index (χ1n) is 12.6. The molecular weight excluding hydrogens is 454 g/mol. The molecule has 36 heavy (non-hydrogen) atoms. The zero-order chi connectivity index (χ0) is 25.2. The van der Waals surface area contributed by atoms with Gasteiger partial charge in [0, 0.05) is 50.8 Å². The SMILES string of the molecule is CC(=O)N[C@@H](CCN1CC2CN(C(=O)c3c(C)ccc(-c4nn[nH]n4)c3C)CC2C1)c1ccccc1. The van der Waals surface area contributed by atoms with Crippen LogP contribution in [-0.2, 0) is 4.79 Å². The lowest BCUT2D eigenvalue weighted by Gasteiger charge is -2.25. The Hall–Kier alpha value is -3.59. The molecule has 0 bridgehead atoms. The molecule has 5 rings (SSSR count). The molecular formula is C27H33N7O2. The first kappa shape index (κ1) is 24.1. The molecule has 2 N–H and O–H groups in total. The second-order valence-corrected chi connectivity index (χ2v) is 10.1. The minimum absolute atomic E-state index is 0.00899. The smallest absolute Gasteiger partial charge is 0.254 e. The quantitative estimate of drug-likeness (QED) is 0.531. The summed E-state index contributed by atoms with van der Waals surface area (Å²) < 4.78 is 0. The number of hydrogen-bond donors (Lipinski definition) is 2. The van der Waals surface area contributed by atoms with Gasteiger partial charge in [-0.1, -0.05) is 42.5 Å². The van der Waals surface area contributed by atoms with Crippen LogP contribution in [0.2, 0.25) is 0 Å². The maximum absolute atomic E-state index is 13.6. The van der Waals surface area contributed by atoms with Crippen molar-refractivity contribution in [3.05, 3.63) is 64.7 Å². The Bertz CT molecular complexity index is 1210. The van der Waals surface area contributed by atoms with E-state index in [4.69, 9.17) is 0 Å². The van der Waals surface area contributed by atoms with Gasteiger partial charge in [0.25, 0.3) is 5.91 Å². The van der Waals surface area contributed by atoms with E-state index in [1.165, 1.54) is 0 Å². The maximum atomic E-state index is 13.6. The molecule has 2 aliphatic heterocycles. The molecule has 3 atom stereocenters. The monoisotopic (exact) mass is 487 g/mol. The van der Waals surface area contributed by atoms with Crippen LogP contribution in [0, 0.1) is 25.7 Å². The van der Waals surface area contributed by atoms with Crippen molar-refractivity contribution >= 4 is 11.8 Å². The van der Waals surface area contributed by atoms with Crippen molar-refractivity contribution in [2.24, 2.45) is 11.8 Å². The standard InChI is InChI=1S/C27H33N7O2/c1-17-9-10-23(26-29-31-32-30-26)18(2)25(17)27(36)34-15-21-13-33(14-22(21)16-34)12-11-24(28-19(3)35)20-7-5-4-6-8-20/h4-10,21-22,24H,11-16H2,1-3H3,(H,28,35)(H,29,30,31,32)/t21?,22?,24-/m0/s1. The highest BCUT2D eigenvalue weighted by atomic mass is 16.2. The Morgan fingerprint density at radius 2 is 1.78 bits per heavy atom. The summed E-state index contributed by atoms with van der Waals surface area (Å²) in [5.74, 6) is 1.54. The number of aryl methyl sites for hydroxylation is 1. The molecule has 3 aromatic rings. The highest BCUT2D eigenvalue weighted by molar-refractivity contribution is 5.99. The van der Waals surface area contributed by atoms with E-state index in [9.17, 15) is 9.59 Å². The average molecular weight is 488 g/mol. The first-order valence-corrected chi connectivity index (χ1v) is 12.6. The number of hydrogen-bond acceptors (Lipinski definition) is 6. The molecule has 0 saturated carbocycles. The minimum atomic E-state index is -0.00899. The molecule has 9 nitrogen and oxygen atoms in total. The van der Waals surface area contributed by atoms with Gasteiger partial charge in [0.2, 0.25) is 11.7 Å². The molecule has 3 heterocycles. The van der Waals surface area contributed by atoms with E-state index >= 15 is 0 Å². The van der Waals surface area contributed by atoms with Gasteiger partial charge in [-0.05, 0) is 54.0 Å². The van der Waals surface area contributed by atoms with Crippen LogP contribution >= 0.6 is 0 Å². The third-order valence-electron chi connectivity index (χ3n) is 7.64. The summed E-state index contributed by atoms with van der Waals surface area (Å²) in [4.78, 5) is 29.9. The summed E-state index contributed by atoms with van der Waals surface area (Å²) in [6.07, 6.45) is 0.868. The van der Waals surface area contributed by atoms with Crippen molar-refractivity contribution in [1.82, 2.24) is 35.7 Å². The predicted molar refractivity (Wildman–Crippen MR) is 136 cm³/mol.